The molecule has 0 aliphatic carbocycles. The highest BCUT2D eigenvalue weighted by Crippen LogP contribution is 2.33. The second kappa shape index (κ2) is 3.61. The molecule has 0 saturated heterocycles. The normalized spacial score (nSPS) is 25.6. The van der Waals surface area contributed by atoms with Gasteiger partial charge in [-0.15, -0.1) is 0 Å². The van der Waals surface area contributed by atoms with Crippen LogP contribution < -0.4 is 5.32 Å². The van der Waals surface area contributed by atoms with Crippen molar-refractivity contribution in [2.24, 2.45) is 0 Å². The fourth-order valence-corrected chi connectivity index (χ4v) is 2.12. The first-order chi connectivity index (χ1) is 6.76. The molecular weight excluding hydrogens is 178 g/mol. The molecule has 1 aromatic heterocycles. The van der Waals surface area contributed by atoms with E-state index in [0.717, 1.165) is 24.3 Å². The van der Waals surface area contributed by atoms with E-state index in [0.29, 0.717) is 6.04 Å². The number of hydrogen-bond acceptors (Lipinski definition) is 3. The monoisotopic (exact) mass is 195 g/mol. The van der Waals surface area contributed by atoms with Gasteiger partial charge in [0, 0.05) is 24.1 Å². The standard InChI is InChI=1S/C10H17N3O/c1-3-13-10-9(5-11-13)8(6-14)4-7(2)12-10/h5,7-8,12,14H,3-4,6H2,1-2H3/t7-,8+/m1/s1. The molecule has 0 unspecified atom stereocenters. The van der Waals surface area contributed by atoms with E-state index in [-0.39, 0.29) is 12.5 Å². The van der Waals surface area contributed by atoms with Gasteiger partial charge in [0.15, 0.2) is 0 Å². The van der Waals surface area contributed by atoms with Crippen molar-refractivity contribution in [2.45, 2.75) is 38.8 Å². The van der Waals surface area contributed by atoms with Crippen LogP contribution in [0.25, 0.3) is 0 Å². The van der Waals surface area contributed by atoms with Crippen LogP contribution in [0.3, 0.4) is 0 Å². The van der Waals surface area contributed by atoms with Gasteiger partial charge in [-0.2, -0.15) is 5.10 Å². The van der Waals surface area contributed by atoms with Crippen LogP contribution >= 0.6 is 0 Å². The summed E-state index contributed by atoms with van der Waals surface area (Å²) in [6.07, 6.45) is 2.86. The molecule has 14 heavy (non-hydrogen) atoms. The van der Waals surface area contributed by atoms with Crippen molar-refractivity contribution in [1.29, 1.82) is 0 Å². The minimum atomic E-state index is 0.217. The Bertz CT molecular complexity index is 321. The van der Waals surface area contributed by atoms with Crippen molar-refractivity contribution in [3.05, 3.63) is 11.8 Å². The van der Waals surface area contributed by atoms with Gasteiger partial charge < -0.3 is 10.4 Å². The van der Waals surface area contributed by atoms with Gasteiger partial charge in [-0.1, -0.05) is 0 Å². The van der Waals surface area contributed by atoms with Gasteiger partial charge in [0.05, 0.1) is 12.8 Å². The first-order valence-corrected chi connectivity index (χ1v) is 5.19. The van der Waals surface area contributed by atoms with Crippen molar-refractivity contribution < 1.29 is 5.11 Å². The van der Waals surface area contributed by atoms with E-state index >= 15 is 0 Å². The number of aliphatic hydroxyl groups excluding tert-OH is 1. The maximum Gasteiger partial charge on any atom is 0.128 e. The van der Waals surface area contributed by atoms with Gasteiger partial charge >= 0.3 is 0 Å². The summed E-state index contributed by atoms with van der Waals surface area (Å²) in [5.74, 6) is 1.34. The van der Waals surface area contributed by atoms with Crippen molar-refractivity contribution >= 4 is 5.82 Å². The molecule has 2 rings (SSSR count). The fraction of sp³-hybridized carbons (Fsp3) is 0.700. The van der Waals surface area contributed by atoms with Gasteiger partial charge in [-0.05, 0) is 20.3 Å². The number of aryl methyl sites for hydroxylation is 1. The molecule has 0 amide bonds. The molecule has 0 radical (unpaired) electrons. The van der Waals surface area contributed by atoms with Crippen LogP contribution in [0.15, 0.2) is 6.20 Å². The van der Waals surface area contributed by atoms with E-state index in [9.17, 15) is 5.11 Å². The SMILES string of the molecule is CCn1ncc2c1N[C@H](C)C[C@H]2CO. The summed E-state index contributed by atoms with van der Waals surface area (Å²) in [4.78, 5) is 0. The first kappa shape index (κ1) is 9.52. The van der Waals surface area contributed by atoms with Gasteiger partial charge in [0.25, 0.3) is 0 Å². The van der Waals surface area contributed by atoms with Crippen LogP contribution in [0.5, 0.6) is 0 Å². The highest BCUT2D eigenvalue weighted by Gasteiger charge is 2.26. The Hall–Kier alpha value is -1.03. The van der Waals surface area contributed by atoms with E-state index in [1.54, 1.807) is 0 Å². The van der Waals surface area contributed by atoms with E-state index < -0.39 is 0 Å². The minimum Gasteiger partial charge on any atom is -0.396 e. The maximum absolute atomic E-state index is 9.27. The maximum atomic E-state index is 9.27. The zero-order chi connectivity index (χ0) is 10.1. The fourth-order valence-electron chi connectivity index (χ4n) is 2.12. The summed E-state index contributed by atoms with van der Waals surface area (Å²) in [5.41, 5.74) is 1.16. The molecule has 0 saturated carbocycles. The summed E-state index contributed by atoms with van der Waals surface area (Å²) >= 11 is 0. The molecule has 1 aliphatic heterocycles. The predicted molar refractivity (Wildman–Crippen MR) is 55.4 cm³/mol. The Labute approximate surface area is 83.9 Å². The van der Waals surface area contributed by atoms with Crippen LogP contribution in [0.4, 0.5) is 5.82 Å². The number of aliphatic hydroxyl groups is 1. The lowest BCUT2D eigenvalue weighted by molar-refractivity contribution is 0.253. The third kappa shape index (κ3) is 1.39. The smallest absolute Gasteiger partial charge is 0.128 e. The summed E-state index contributed by atoms with van der Waals surface area (Å²) in [6.45, 7) is 5.29. The highest BCUT2D eigenvalue weighted by molar-refractivity contribution is 5.49. The van der Waals surface area contributed by atoms with E-state index in [1.807, 2.05) is 10.9 Å². The zero-order valence-corrected chi connectivity index (χ0v) is 8.70. The predicted octanol–water partition coefficient (Wildman–Crippen LogP) is 1.18. The second-order valence-electron chi connectivity index (χ2n) is 3.92. The molecule has 2 atom stereocenters. The lowest BCUT2D eigenvalue weighted by Gasteiger charge is -2.28. The molecule has 2 N–H and O–H groups in total. The Morgan fingerprint density at radius 3 is 3.14 bits per heavy atom. The zero-order valence-electron chi connectivity index (χ0n) is 8.70. The summed E-state index contributed by atoms with van der Waals surface area (Å²) in [7, 11) is 0. The van der Waals surface area contributed by atoms with Crippen molar-refractivity contribution in [1.82, 2.24) is 9.78 Å². The number of rotatable bonds is 2. The van der Waals surface area contributed by atoms with Gasteiger partial charge in [-0.3, -0.25) is 0 Å². The highest BCUT2D eigenvalue weighted by atomic mass is 16.3. The molecular formula is C10H17N3O. The Morgan fingerprint density at radius 2 is 2.50 bits per heavy atom. The molecule has 1 aromatic rings. The summed E-state index contributed by atoms with van der Waals surface area (Å²) < 4.78 is 1.95. The average molecular weight is 195 g/mol. The van der Waals surface area contributed by atoms with Crippen LogP contribution in [0, 0.1) is 0 Å². The third-order valence-corrected chi connectivity index (χ3v) is 2.85. The molecule has 78 valence electrons. The number of nitrogens with one attached hydrogen (secondary N) is 1. The lowest BCUT2D eigenvalue weighted by Crippen LogP contribution is -2.27. The number of anilines is 1. The van der Waals surface area contributed by atoms with Crippen LogP contribution in [-0.4, -0.2) is 27.5 Å². The van der Waals surface area contributed by atoms with E-state index in [2.05, 4.69) is 24.3 Å². The average Bonchev–Trinajstić information content (AvgIpc) is 2.59. The topological polar surface area (TPSA) is 50.1 Å². The number of aromatic nitrogens is 2. The largest absolute Gasteiger partial charge is 0.396 e. The third-order valence-electron chi connectivity index (χ3n) is 2.85. The van der Waals surface area contributed by atoms with E-state index in [1.165, 1.54) is 0 Å². The number of hydrogen-bond donors (Lipinski definition) is 2. The second-order valence-corrected chi connectivity index (χ2v) is 3.92. The Balaban J connectivity index is 2.37. The van der Waals surface area contributed by atoms with Crippen molar-refractivity contribution in [3.63, 3.8) is 0 Å². The number of fused-ring (bicyclic) bond motifs is 1. The van der Waals surface area contributed by atoms with E-state index in [4.69, 9.17) is 0 Å². The molecule has 0 fully saturated rings. The molecule has 0 aromatic carbocycles. The molecule has 0 spiro atoms. The molecule has 4 nitrogen and oxygen atoms in total. The van der Waals surface area contributed by atoms with Crippen molar-refractivity contribution in [2.75, 3.05) is 11.9 Å². The molecule has 4 heteroatoms. The van der Waals surface area contributed by atoms with Crippen LogP contribution in [0.1, 0.15) is 31.7 Å². The molecule has 2 heterocycles. The summed E-state index contributed by atoms with van der Waals surface area (Å²) in [5, 5.41) is 17.0. The van der Waals surface area contributed by atoms with Crippen molar-refractivity contribution in [3.8, 4) is 0 Å². The molecule has 1 aliphatic rings. The van der Waals surface area contributed by atoms with Crippen LogP contribution in [0.2, 0.25) is 0 Å². The van der Waals surface area contributed by atoms with Crippen LogP contribution in [-0.2, 0) is 6.54 Å². The van der Waals surface area contributed by atoms with Gasteiger partial charge in [-0.25, -0.2) is 4.68 Å². The quantitative estimate of drug-likeness (QED) is 0.745. The van der Waals surface area contributed by atoms with Gasteiger partial charge in [0.1, 0.15) is 5.82 Å². The lowest BCUT2D eigenvalue weighted by atomic mass is 9.91. The Morgan fingerprint density at radius 1 is 1.71 bits per heavy atom. The first-order valence-electron chi connectivity index (χ1n) is 5.19. The summed E-state index contributed by atoms with van der Waals surface area (Å²) in [6, 6.07) is 0.418. The number of nitrogens with zero attached hydrogens (tertiary/aromatic N) is 2. The van der Waals surface area contributed by atoms with Gasteiger partial charge in [0.2, 0.25) is 0 Å². The molecule has 0 bridgehead atoms. The minimum absolute atomic E-state index is 0.217. The Kier molecular flexibility index (Phi) is 2.46.